The molecule has 6 heteroatoms. The number of aromatic nitrogens is 3. The highest BCUT2D eigenvalue weighted by atomic mass is 32.2. The maximum atomic E-state index is 12.8. The number of amides is 1. The maximum Gasteiger partial charge on any atom is 0.233 e. The zero-order chi connectivity index (χ0) is 18.5. The summed E-state index contributed by atoms with van der Waals surface area (Å²) < 4.78 is 2.16. The van der Waals surface area contributed by atoms with Gasteiger partial charge >= 0.3 is 0 Å². The molecule has 0 saturated heterocycles. The molecule has 1 aliphatic carbocycles. The van der Waals surface area contributed by atoms with Crippen LogP contribution in [-0.2, 0) is 11.3 Å². The number of benzene rings is 1. The summed E-state index contributed by atoms with van der Waals surface area (Å²) in [5, 5.41) is 12.6. The van der Waals surface area contributed by atoms with Crippen LogP contribution < -0.4 is 5.32 Å². The minimum absolute atomic E-state index is 0.0518. The topological polar surface area (TPSA) is 59.8 Å². The van der Waals surface area contributed by atoms with Gasteiger partial charge in [-0.05, 0) is 38.7 Å². The van der Waals surface area contributed by atoms with Gasteiger partial charge in [-0.15, -0.1) is 10.2 Å². The third-order valence-corrected chi connectivity index (χ3v) is 5.83. The van der Waals surface area contributed by atoms with E-state index in [9.17, 15) is 4.79 Å². The molecule has 1 aromatic heterocycles. The Morgan fingerprint density at radius 1 is 1.27 bits per heavy atom. The van der Waals surface area contributed by atoms with E-state index in [0.29, 0.717) is 5.92 Å². The number of rotatable bonds is 9. The molecule has 0 spiro atoms. The van der Waals surface area contributed by atoms with E-state index in [0.717, 1.165) is 35.9 Å². The zero-order valence-electron chi connectivity index (χ0n) is 15.8. The molecule has 1 amide bonds. The van der Waals surface area contributed by atoms with E-state index in [-0.39, 0.29) is 17.2 Å². The molecule has 3 rings (SSSR count). The summed E-state index contributed by atoms with van der Waals surface area (Å²) >= 11 is 1.50. The average molecular weight is 373 g/mol. The molecule has 2 aromatic rings. The van der Waals surface area contributed by atoms with Crippen LogP contribution in [0, 0.1) is 0 Å². The second-order valence-electron chi connectivity index (χ2n) is 6.88. The molecule has 0 aliphatic heterocycles. The lowest BCUT2D eigenvalue weighted by molar-refractivity contribution is -0.121. The summed E-state index contributed by atoms with van der Waals surface area (Å²) in [6.07, 6.45) is 4.36. The van der Waals surface area contributed by atoms with Gasteiger partial charge in [-0.25, -0.2) is 0 Å². The highest BCUT2D eigenvalue weighted by Gasteiger charge is 2.31. The first-order chi connectivity index (χ1) is 12.6. The van der Waals surface area contributed by atoms with Crippen molar-refractivity contribution in [2.45, 2.75) is 75.4 Å². The van der Waals surface area contributed by atoms with Crippen molar-refractivity contribution in [1.29, 1.82) is 0 Å². The molecular weight excluding hydrogens is 344 g/mol. The van der Waals surface area contributed by atoms with Gasteiger partial charge in [0.1, 0.15) is 5.82 Å². The van der Waals surface area contributed by atoms with Gasteiger partial charge in [-0.3, -0.25) is 4.79 Å². The Bertz CT molecular complexity index is 727. The van der Waals surface area contributed by atoms with Gasteiger partial charge in [0, 0.05) is 12.5 Å². The van der Waals surface area contributed by atoms with Crippen LogP contribution in [0.5, 0.6) is 0 Å². The third-order valence-electron chi connectivity index (χ3n) is 4.75. The van der Waals surface area contributed by atoms with E-state index < -0.39 is 0 Å². The standard InChI is InChI=1S/C20H28N4OS/c1-4-9-17(15-10-7-6-8-11-15)21-19(25)14(3)26-20-23-22-18(16-12-13-16)24(20)5-2/h6-8,10-11,14,16-17H,4-5,9,12-13H2,1-3H3,(H,21,25)/t14-,17+/m1/s1. The number of nitrogens with zero attached hydrogens (tertiary/aromatic N) is 3. The summed E-state index contributed by atoms with van der Waals surface area (Å²) in [7, 11) is 0. The second-order valence-corrected chi connectivity index (χ2v) is 8.19. The first-order valence-electron chi connectivity index (χ1n) is 9.59. The molecule has 0 bridgehead atoms. The lowest BCUT2D eigenvalue weighted by Gasteiger charge is -2.21. The Morgan fingerprint density at radius 2 is 2.00 bits per heavy atom. The second kappa shape index (κ2) is 8.71. The smallest absolute Gasteiger partial charge is 0.233 e. The summed E-state index contributed by atoms with van der Waals surface area (Å²) in [5.74, 6) is 1.69. The van der Waals surface area contributed by atoms with Crippen LogP contribution in [0.3, 0.4) is 0 Å². The van der Waals surface area contributed by atoms with Gasteiger partial charge in [-0.1, -0.05) is 55.4 Å². The van der Waals surface area contributed by atoms with Crippen molar-refractivity contribution in [3.8, 4) is 0 Å². The first-order valence-corrected chi connectivity index (χ1v) is 10.5. The normalized spacial score (nSPS) is 16.3. The molecule has 1 aromatic carbocycles. The Morgan fingerprint density at radius 3 is 2.62 bits per heavy atom. The molecule has 1 saturated carbocycles. The fourth-order valence-corrected chi connectivity index (χ4v) is 4.05. The quantitative estimate of drug-likeness (QED) is 0.666. The Hall–Kier alpha value is -1.82. The lowest BCUT2D eigenvalue weighted by atomic mass is 10.0. The van der Waals surface area contributed by atoms with Crippen molar-refractivity contribution in [2.24, 2.45) is 0 Å². The lowest BCUT2D eigenvalue weighted by Crippen LogP contribution is -2.34. The SMILES string of the molecule is CCC[C@H](NC(=O)[C@@H](C)Sc1nnc(C2CC2)n1CC)c1ccccc1. The number of thioether (sulfide) groups is 1. The minimum atomic E-state index is -0.209. The van der Waals surface area contributed by atoms with E-state index in [1.54, 1.807) is 0 Å². The number of nitrogens with one attached hydrogen (secondary N) is 1. The van der Waals surface area contributed by atoms with Crippen LogP contribution in [0.25, 0.3) is 0 Å². The van der Waals surface area contributed by atoms with Gasteiger partial charge in [0.25, 0.3) is 0 Å². The van der Waals surface area contributed by atoms with Crippen molar-refractivity contribution in [2.75, 3.05) is 0 Å². The highest BCUT2D eigenvalue weighted by molar-refractivity contribution is 8.00. The van der Waals surface area contributed by atoms with Gasteiger partial charge < -0.3 is 9.88 Å². The van der Waals surface area contributed by atoms with Crippen LogP contribution in [0.1, 0.15) is 69.8 Å². The molecule has 5 nitrogen and oxygen atoms in total. The van der Waals surface area contributed by atoms with Gasteiger partial charge in [0.15, 0.2) is 5.16 Å². The fraction of sp³-hybridized carbons (Fsp3) is 0.550. The number of hydrogen-bond donors (Lipinski definition) is 1. The van der Waals surface area contributed by atoms with Gasteiger partial charge in [0.05, 0.1) is 11.3 Å². The van der Waals surface area contributed by atoms with Crippen molar-refractivity contribution >= 4 is 17.7 Å². The van der Waals surface area contributed by atoms with E-state index in [1.165, 1.54) is 24.6 Å². The molecule has 1 aliphatic rings. The summed E-state index contributed by atoms with van der Waals surface area (Å²) in [4.78, 5) is 12.8. The summed E-state index contributed by atoms with van der Waals surface area (Å²) in [6.45, 7) is 7.04. The number of carbonyl (C=O) groups is 1. The van der Waals surface area contributed by atoms with E-state index in [4.69, 9.17) is 0 Å². The highest BCUT2D eigenvalue weighted by Crippen LogP contribution is 2.40. The third kappa shape index (κ3) is 4.47. The monoisotopic (exact) mass is 372 g/mol. The minimum Gasteiger partial charge on any atom is -0.348 e. The van der Waals surface area contributed by atoms with Crippen LogP contribution in [0.15, 0.2) is 35.5 Å². The largest absolute Gasteiger partial charge is 0.348 e. The van der Waals surface area contributed by atoms with Crippen LogP contribution in [0.4, 0.5) is 0 Å². The summed E-state index contributed by atoms with van der Waals surface area (Å²) in [6, 6.07) is 10.3. The molecule has 0 radical (unpaired) electrons. The predicted octanol–water partition coefficient (Wildman–Crippen LogP) is 4.31. The summed E-state index contributed by atoms with van der Waals surface area (Å²) in [5.41, 5.74) is 1.16. The fourth-order valence-electron chi connectivity index (χ4n) is 3.12. The molecule has 2 atom stereocenters. The van der Waals surface area contributed by atoms with Crippen molar-refractivity contribution < 1.29 is 4.79 Å². The molecule has 1 fully saturated rings. The van der Waals surface area contributed by atoms with Crippen LogP contribution in [-0.4, -0.2) is 25.9 Å². The van der Waals surface area contributed by atoms with Crippen molar-refractivity contribution in [3.05, 3.63) is 41.7 Å². The van der Waals surface area contributed by atoms with E-state index >= 15 is 0 Å². The Balaban J connectivity index is 1.65. The maximum absolute atomic E-state index is 12.8. The first kappa shape index (κ1) is 19.0. The number of hydrogen-bond acceptors (Lipinski definition) is 4. The molecule has 1 N–H and O–H groups in total. The van der Waals surface area contributed by atoms with Crippen molar-refractivity contribution in [1.82, 2.24) is 20.1 Å². The average Bonchev–Trinajstić information content (AvgIpc) is 3.43. The van der Waals surface area contributed by atoms with E-state index in [1.807, 2.05) is 25.1 Å². The molecule has 140 valence electrons. The molecule has 1 heterocycles. The van der Waals surface area contributed by atoms with Crippen LogP contribution in [0.2, 0.25) is 0 Å². The van der Waals surface area contributed by atoms with Gasteiger partial charge in [0.2, 0.25) is 5.91 Å². The molecular formula is C20H28N4OS. The number of carbonyl (C=O) groups excluding carboxylic acids is 1. The zero-order valence-corrected chi connectivity index (χ0v) is 16.6. The van der Waals surface area contributed by atoms with E-state index in [2.05, 4.69) is 46.1 Å². The van der Waals surface area contributed by atoms with Crippen molar-refractivity contribution in [3.63, 3.8) is 0 Å². The molecule has 0 unspecified atom stereocenters. The van der Waals surface area contributed by atoms with Gasteiger partial charge in [-0.2, -0.15) is 0 Å². The predicted molar refractivity (Wildman–Crippen MR) is 105 cm³/mol. The van der Waals surface area contributed by atoms with Crippen LogP contribution >= 0.6 is 11.8 Å². The molecule has 26 heavy (non-hydrogen) atoms. The Kier molecular flexibility index (Phi) is 6.35. The Labute approximate surface area is 160 Å².